The average molecular weight is 262 g/mol. The van der Waals surface area contributed by atoms with E-state index in [9.17, 15) is 9.59 Å². The van der Waals surface area contributed by atoms with Crippen LogP contribution in [0.25, 0.3) is 0 Å². The fourth-order valence-corrected chi connectivity index (χ4v) is 1.95. The molecule has 1 saturated heterocycles. The van der Waals surface area contributed by atoms with Crippen molar-refractivity contribution in [3.63, 3.8) is 0 Å². The van der Waals surface area contributed by atoms with Crippen molar-refractivity contribution in [3.8, 4) is 0 Å². The molecule has 2 rings (SSSR count). The number of hydrogen-bond acceptors (Lipinski definition) is 4. The van der Waals surface area contributed by atoms with Crippen molar-refractivity contribution in [3.05, 3.63) is 30.1 Å². The molecule has 1 aromatic heterocycles. The van der Waals surface area contributed by atoms with Crippen molar-refractivity contribution in [1.29, 1.82) is 0 Å². The fraction of sp³-hybridized carbons (Fsp3) is 0.462. The molecule has 2 N–H and O–H groups in total. The van der Waals surface area contributed by atoms with Crippen molar-refractivity contribution in [2.45, 2.75) is 6.42 Å². The predicted molar refractivity (Wildman–Crippen MR) is 70.4 cm³/mol. The molecule has 6 heteroatoms. The van der Waals surface area contributed by atoms with Crippen LogP contribution in [0.3, 0.4) is 0 Å². The summed E-state index contributed by atoms with van der Waals surface area (Å²) in [6.45, 7) is 3.12. The number of carbonyl (C=O) groups is 2. The minimum absolute atomic E-state index is 0.437. The number of hydrogen-bond donors (Lipinski definition) is 2. The Labute approximate surface area is 112 Å². The zero-order valence-corrected chi connectivity index (χ0v) is 10.8. The number of carbonyl (C=O) groups excluding carboxylic acids is 2. The lowest BCUT2D eigenvalue weighted by Gasteiger charge is -2.26. The lowest BCUT2D eigenvalue weighted by Crippen LogP contribution is -2.51. The maximum atomic E-state index is 11.8. The van der Waals surface area contributed by atoms with Crippen LogP contribution in [-0.4, -0.2) is 54.4 Å². The van der Waals surface area contributed by atoms with Crippen LogP contribution in [0.1, 0.15) is 5.56 Å². The minimum atomic E-state index is -0.522. The van der Waals surface area contributed by atoms with E-state index in [1.54, 1.807) is 17.3 Å². The largest absolute Gasteiger partial charge is 0.347 e. The summed E-state index contributed by atoms with van der Waals surface area (Å²) in [5, 5.41) is 5.79. The summed E-state index contributed by atoms with van der Waals surface area (Å²) in [6, 6.07) is 3.79. The smallest absolute Gasteiger partial charge is 0.311 e. The van der Waals surface area contributed by atoms with Crippen molar-refractivity contribution in [2.24, 2.45) is 0 Å². The number of amides is 2. The predicted octanol–water partition coefficient (Wildman–Crippen LogP) is -0.828. The summed E-state index contributed by atoms with van der Waals surface area (Å²) in [4.78, 5) is 29.1. The summed E-state index contributed by atoms with van der Waals surface area (Å²) < 4.78 is 0. The molecule has 0 aliphatic carbocycles. The van der Waals surface area contributed by atoms with Crippen LogP contribution in [0.15, 0.2) is 24.5 Å². The molecule has 0 radical (unpaired) electrons. The van der Waals surface area contributed by atoms with E-state index >= 15 is 0 Å². The SMILES string of the molecule is O=C(NCCc1cccnc1)C(=O)N1CCNCC1. The summed E-state index contributed by atoms with van der Waals surface area (Å²) >= 11 is 0. The lowest BCUT2D eigenvalue weighted by atomic mass is 10.2. The Morgan fingerprint density at radius 1 is 1.37 bits per heavy atom. The van der Waals surface area contributed by atoms with Crippen LogP contribution in [0.2, 0.25) is 0 Å². The Balaban J connectivity index is 1.73. The van der Waals surface area contributed by atoms with Gasteiger partial charge in [-0.3, -0.25) is 14.6 Å². The fourth-order valence-electron chi connectivity index (χ4n) is 1.95. The van der Waals surface area contributed by atoms with Crippen LogP contribution >= 0.6 is 0 Å². The summed E-state index contributed by atoms with van der Waals surface area (Å²) in [5.41, 5.74) is 1.04. The third-order valence-corrected chi connectivity index (χ3v) is 3.02. The van der Waals surface area contributed by atoms with Gasteiger partial charge in [0, 0.05) is 45.1 Å². The number of nitrogens with zero attached hydrogens (tertiary/aromatic N) is 2. The summed E-state index contributed by atoms with van der Waals surface area (Å²) in [6.07, 6.45) is 4.13. The standard InChI is InChI=1S/C13H18N4O2/c18-12(13(19)17-8-6-14-7-9-17)16-5-3-11-2-1-4-15-10-11/h1-2,4,10,14H,3,5-9H2,(H,16,18). The second kappa shape index (κ2) is 6.84. The first-order valence-corrected chi connectivity index (χ1v) is 6.44. The molecule has 2 heterocycles. The maximum absolute atomic E-state index is 11.8. The number of aromatic nitrogens is 1. The Bertz CT molecular complexity index is 430. The molecule has 1 aliphatic rings. The van der Waals surface area contributed by atoms with Crippen molar-refractivity contribution >= 4 is 11.8 Å². The topological polar surface area (TPSA) is 74.3 Å². The first-order valence-electron chi connectivity index (χ1n) is 6.44. The molecule has 0 saturated carbocycles. The number of rotatable bonds is 3. The van der Waals surface area contributed by atoms with E-state index in [2.05, 4.69) is 15.6 Å². The number of nitrogens with one attached hydrogen (secondary N) is 2. The highest BCUT2D eigenvalue weighted by Gasteiger charge is 2.22. The van der Waals surface area contributed by atoms with Gasteiger partial charge in [0.1, 0.15) is 0 Å². The van der Waals surface area contributed by atoms with Gasteiger partial charge < -0.3 is 15.5 Å². The van der Waals surface area contributed by atoms with Gasteiger partial charge in [-0.05, 0) is 18.1 Å². The molecule has 0 atom stereocenters. The molecule has 0 spiro atoms. The highest BCUT2D eigenvalue weighted by Crippen LogP contribution is 1.96. The van der Waals surface area contributed by atoms with Gasteiger partial charge in [0.2, 0.25) is 0 Å². The van der Waals surface area contributed by atoms with Crippen LogP contribution < -0.4 is 10.6 Å². The van der Waals surface area contributed by atoms with Crippen molar-refractivity contribution in [2.75, 3.05) is 32.7 Å². The van der Waals surface area contributed by atoms with E-state index < -0.39 is 11.8 Å². The van der Waals surface area contributed by atoms with Crippen molar-refractivity contribution < 1.29 is 9.59 Å². The Hall–Kier alpha value is -1.95. The van der Waals surface area contributed by atoms with Gasteiger partial charge >= 0.3 is 11.8 Å². The molecule has 0 bridgehead atoms. The molecular formula is C13H18N4O2. The third kappa shape index (κ3) is 4.03. The van der Waals surface area contributed by atoms with E-state index in [1.165, 1.54) is 0 Å². The summed E-state index contributed by atoms with van der Waals surface area (Å²) in [5.74, 6) is -0.960. The zero-order valence-electron chi connectivity index (χ0n) is 10.8. The van der Waals surface area contributed by atoms with Gasteiger partial charge in [0.05, 0.1) is 0 Å². The highest BCUT2D eigenvalue weighted by atomic mass is 16.2. The van der Waals surface area contributed by atoms with Gasteiger partial charge in [-0.1, -0.05) is 6.07 Å². The molecule has 1 aliphatic heterocycles. The summed E-state index contributed by atoms with van der Waals surface area (Å²) in [7, 11) is 0. The first-order chi connectivity index (χ1) is 9.27. The molecule has 1 fully saturated rings. The van der Waals surface area contributed by atoms with Crippen LogP contribution in [0.4, 0.5) is 0 Å². The third-order valence-electron chi connectivity index (χ3n) is 3.02. The van der Waals surface area contributed by atoms with E-state index in [0.717, 1.165) is 18.7 Å². The van der Waals surface area contributed by atoms with Gasteiger partial charge in [-0.2, -0.15) is 0 Å². The van der Waals surface area contributed by atoms with E-state index in [1.807, 2.05) is 12.1 Å². The lowest BCUT2D eigenvalue weighted by molar-refractivity contribution is -0.146. The number of piperazine rings is 1. The monoisotopic (exact) mass is 262 g/mol. The molecule has 19 heavy (non-hydrogen) atoms. The molecule has 102 valence electrons. The molecule has 6 nitrogen and oxygen atoms in total. The maximum Gasteiger partial charge on any atom is 0.311 e. The van der Waals surface area contributed by atoms with E-state index in [0.29, 0.717) is 26.1 Å². The molecule has 0 unspecified atom stereocenters. The van der Waals surface area contributed by atoms with Gasteiger partial charge in [-0.25, -0.2) is 0 Å². The Morgan fingerprint density at radius 2 is 2.16 bits per heavy atom. The zero-order chi connectivity index (χ0) is 13.5. The molecule has 0 aromatic carbocycles. The second-order valence-corrected chi connectivity index (χ2v) is 4.41. The molecule has 1 aromatic rings. The number of pyridine rings is 1. The van der Waals surface area contributed by atoms with Gasteiger partial charge in [0.25, 0.3) is 0 Å². The highest BCUT2D eigenvalue weighted by molar-refractivity contribution is 6.35. The van der Waals surface area contributed by atoms with Gasteiger partial charge in [-0.15, -0.1) is 0 Å². The second-order valence-electron chi connectivity index (χ2n) is 4.41. The van der Waals surface area contributed by atoms with Crippen LogP contribution in [0, 0.1) is 0 Å². The van der Waals surface area contributed by atoms with E-state index in [4.69, 9.17) is 0 Å². The van der Waals surface area contributed by atoms with E-state index in [-0.39, 0.29) is 0 Å². The normalized spacial score (nSPS) is 15.1. The van der Waals surface area contributed by atoms with Crippen LogP contribution in [-0.2, 0) is 16.0 Å². The van der Waals surface area contributed by atoms with Gasteiger partial charge in [0.15, 0.2) is 0 Å². The quantitative estimate of drug-likeness (QED) is 0.697. The van der Waals surface area contributed by atoms with Crippen molar-refractivity contribution in [1.82, 2.24) is 20.5 Å². The Morgan fingerprint density at radius 3 is 2.84 bits per heavy atom. The average Bonchev–Trinajstić information content (AvgIpc) is 2.48. The molecule has 2 amide bonds. The molecular weight excluding hydrogens is 244 g/mol. The Kier molecular flexibility index (Phi) is 4.85. The minimum Gasteiger partial charge on any atom is -0.347 e. The van der Waals surface area contributed by atoms with Crippen LogP contribution in [0.5, 0.6) is 0 Å². The first kappa shape index (κ1) is 13.5.